The zero-order chi connectivity index (χ0) is 20.5. The molecule has 1 amide bonds. The fourth-order valence-electron chi connectivity index (χ4n) is 2.63. The molecule has 1 N–H and O–H groups in total. The molecule has 0 aliphatic heterocycles. The standard InChI is InChI=1S/C21H24ClNO5/c1-14-10-17(22)11-15(2)21(14)28-13-20(25)27-12-19(24)23-9-8-16-4-6-18(26-3)7-5-16/h4-7,10-11H,8-9,12-13H2,1-3H3,(H,23,24). The molecule has 2 aromatic rings. The van der Waals surface area contributed by atoms with Gasteiger partial charge in [-0.15, -0.1) is 0 Å². The largest absolute Gasteiger partial charge is 0.497 e. The molecule has 150 valence electrons. The second-order valence-corrected chi connectivity index (χ2v) is 6.70. The van der Waals surface area contributed by atoms with Crippen LogP contribution in [0.4, 0.5) is 0 Å². The molecule has 2 aromatic carbocycles. The maximum atomic E-state index is 11.8. The third-order valence-corrected chi connectivity index (χ3v) is 4.24. The Balaban J connectivity index is 1.67. The van der Waals surface area contributed by atoms with Crippen molar-refractivity contribution in [3.63, 3.8) is 0 Å². The average Bonchev–Trinajstić information content (AvgIpc) is 2.66. The van der Waals surface area contributed by atoms with Crippen molar-refractivity contribution in [2.45, 2.75) is 20.3 Å². The summed E-state index contributed by atoms with van der Waals surface area (Å²) < 4.78 is 15.5. The van der Waals surface area contributed by atoms with E-state index in [0.717, 1.165) is 22.4 Å². The third-order valence-electron chi connectivity index (χ3n) is 4.02. The summed E-state index contributed by atoms with van der Waals surface area (Å²) in [6.45, 7) is 3.51. The van der Waals surface area contributed by atoms with Crippen molar-refractivity contribution in [3.05, 3.63) is 58.1 Å². The number of benzene rings is 2. The normalized spacial score (nSPS) is 10.3. The lowest BCUT2D eigenvalue weighted by Gasteiger charge is -2.12. The number of aryl methyl sites for hydroxylation is 2. The van der Waals surface area contributed by atoms with Gasteiger partial charge in [-0.3, -0.25) is 4.79 Å². The zero-order valence-electron chi connectivity index (χ0n) is 16.2. The lowest BCUT2D eigenvalue weighted by atomic mass is 10.1. The molecule has 0 heterocycles. The highest BCUT2D eigenvalue weighted by molar-refractivity contribution is 6.30. The number of hydrogen-bond acceptors (Lipinski definition) is 5. The lowest BCUT2D eigenvalue weighted by molar-refractivity contribution is -0.150. The quantitative estimate of drug-likeness (QED) is 0.648. The Labute approximate surface area is 169 Å². The van der Waals surface area contributed by atoms with E-state index in [9.17, 15) is 9.59 Å². The number of hydrogen-bond donors (Lipinski definition) is 1. The minimum atomic E-state index is -0.612. The van der Waals surface area contributed by atoms with Gasteiger partial charge in [0.15, 0.2) is 13.2 Å². The van der Waals surface area contributed by atoms with Gasteiger partial charge in [-0.1, -0.05) is 23.7 Å². The average molecular weight is 406 g/mol. The molecule has 6 nitrogen and oxygen atoms in total. The first kappa shape index (κ1) is 21.6. The van der Waals surface area contributed by atoms with Crippen LogP contribution in [0.25, 0.3) is 0 Å². The van der Waals surface area contributed by atoms with Crippen LogP contribution in [0.2, 0.25) is 5.02 Å². The predicted octanol–water partition coefficient (Wildman–Crippen LogP) is 3.25. The van der Waals surface area contributed by atoms with Gasteiger partial charge in [-0.2, -0.15) is 0 Å². The van der Waals surface area contributed by atoms with Crippen LogP contribution in [-0.2, 0) is 20.7 Å². The molecule has 0 aliphatic rings. The van der Waals surface area contributed by atoms with Gasteiger partial charge in [-0.05, 0) is 61.2 Å². The van der Waals surface area contributed by atoms with Crippen LogP contribution in [0.1, 0.15) is 16.7 Å². The van der Waals surface area contributed by atoms with Crippen molar-refractivity contribution in [1.29, 1.82) is 0 Å². The Morgan fingerprint density at radius 2 is 1.68 bits per heavy atom. The summed E-state index contributed by atoms with van der Waals surface area (Å²) in [4.78, 5) is 23.6. The number of methoxy groups -OCH3 is 1. The Morgan fingerprint density at radius 1 is 1.04 bits per heavy atom. The van der Waals surface area contributed by atoms with Crippen molar-refractivity contribution < 1.29 is 23.8 Å². The first-order valence-electron chi connectivity index (χ1n) is 8.84. The first-order valence-corrected chi connectivity index (χ1v) is 9.21. The van der Waals surface area contributed by atoms with Gasteiger partial charge in [0.25, 0.3) is 5.91 Å². The summed E-state index contributed by atoms with van der Waals surface area (Å²) in [7, 11) is 1.61. The van der Waals surface area contributed by atoms with Gasteiger partial charge in [0.05, 0.1) is 7.11 Å². The van der Waals surface area contributed by atoms with E-state index < -0.39 is 5.97 Å². The van der Waals surface area contributed by atoms with Gasteiger partial charge < -0.3 is 19.5 Å². The van der Waals surface area contributed by atoms with Crippen LogP contribution >= 0.6 is 11.6 Å². The number of ether oxygens (including phenoxy) is 3. The summed E-state index contributed by atoms with van der Waals surface area (Å²) in [6.07, 6.45) is 0.669. The number of esters is 1. The van der Waals surface area contributed by atoms with Gasteiger partial charge in [0, 0.05) is 11.6 Å². The topological polar surface area (TPSA) is 73.9 Å². The molecule has 0 fully saturated rings. The van der Waals surface area contributed by atoms with E-state index in [1.54, 1.807) is 19.2 Å². The molecule has 0 saturated heterocycles. The molecular weight excluding hydrogens is 382 g/mol. The minimum Gasteiger partial charge on any atom is -0.497 e. The van der Waals surface area contributed by atoms with Crippen molar-refractivity contribution >= 4 is 23.5 Å². The summed E-state index contributed by atoms with van der Waals surface area (Å²) in [5.41, 5.74) is 2.73. The van der Waals surface area contributed by atoms with E-state index in [2.05, 4.69) is 5.32 Å². The highest BCUT2D eigenvalue weighted by Crippen LogP contribution is 2.26. The Hall–Kier alpha value is -2.73. The smallest absolute Gasteiger partial charge is 0.344 e. The van der Waals surface area contributed by atoms with Gasteiger partial charge >= 0.3 is 5.97 Å². The minimum absolute atomic E-state index is 0.275. The summed E-state index contributed by atoms with van der Waals surface area (Å²) in [5.74, 6) is 0.399. The highest BCUT2D eigenvalue weighted by Gasteiger charge is 2.11. The van der Waals surface area contributed by atoms with Crippen LogP contribution in [-0.4, -0.2) is 38.7 Å². The second kappa shape index (κ2) is 10.6. The molecule has 0 unspecified atom stereocenters. The maximum absolute atomic E-state index is 11.8. The van der Waals surface area contributed by atoms with Gasteiger partial charge in [0.1, 0.15) is 11.5 Å². The number of rotatable bonds is 9. The molecular formula is C21H24ClNO5. The highest BCUT2D eigenvalue weighted by atomic mass is 35.5. The summed E-state index contributed by atoms with van der Waals surface area (Å²) in [5, 5.41) is 3.32. The second-order valence-electron chi connectivity index (χ2n) is 6.27. The van der Waals surface area contributed by atoms with Crippen LogP contribution in [0, 0.1) is 13.8 Å². The van der Waals surface area contributed by atoms with Gasteiger partial charge in [-0.25, -0.2) is 4.79 Å². The maximum Gasteiger partial charge on any atom is 0.344 e. The molecule has 28 heavy (non-hydrogen) atoms. The number of nitrogens with one attached hydrogen (secondary N) is 1. The molecule has 0 bridgehead atoms. The Morgan fingerprint density at radius 3 is 2.29 bits per heavy atom. The lowest BCUT2D eigenvalue weighted by Crippen LogP contribution is -2.31. The monoisotopic (exact) mass is 405 g/mol. The first-order chi connectivity index (χ1) is 13.4. The van der Waals surface area contributed by atoms with E-state index in [-0.39, 0.29) is 19.1 Å². The predicted molar refractivity (Wildman–Crippen MR) is 107 cm³/mol. The summed E-state index contributed by atoms with van der Waals surface area (Å²) in [6, 6.07) is 11.1. The van der Waals surface area contributed by atoms with Crippen molar-refractivity contribution in [2.75, 3.05) is 26.9 Å². The van der Waals surface area contributed by atoms with Crippen molar-refractivity contribution in [3.8, 4) is 11.5 Å². The molecule has 2 rings (SSSR count). The fraction of sp³-hybridized carbons (Fsp3) is 0.333. The van der Waals surface area contributed by atoms with Crippen LogP contribution in [0.3, 0.4) is 0 Å². The number of amides is 1. The zero-order valence-corrected chi connectivity index (χ0v) is 17.0. The Bertz CT molecular complexity index is 797. The molecule has 0 aliphatic carbocycles. The third kappa shape index (κ3) is 6.78. The molecule has 0 atom stereocenters. The molecule has 0 saturated carbocycles. The fourth-order valence-corrected chi connectivity index (χ4v) is 2.96. The van der Waals surface area contributed by atoms with E-state index in [1.807, 2.05) is 38.1 Å². The number of carbonyl (C=O) groups excluding carboxylic acids is 2. The summed E-state index contributed by atoms with van der Waals surface area (Å²) >= 11 is 5.97. The SMILES string of the molecule is COc1ccc(CCNC(=O)COC(=O)COc2c(C)cc(Cl)cc2C)cc1. The molecule has 7 heteroatoms. The van der Waals surface area contributed by atoms with E-state index in [0.29, 0.717) is 23.7 Å². The van der Waals surface area contributed by atoms with E-state index in [1.165, 1.54) is 0 Å². The molecule has 0 radical (unpaired) electrons. The van der Waals surface area contributed by atoms with E-state index in [4.69, 9.17) is 25.8 Å². The van der Waals surface area contributed by atoms with E-state index >= 15 is 0 Å². The van der Waals surface area contributed by atoms with Gasteiger partial charge in [0.2, 0.25) is 0 Å². The molecule has 0 spiro atoms. The molecule has 0 aromatic heterocycles. The van der Waals surface area contributed by atoms with Crippen LogP contribution in [0.5, 0.6) is 11.5 Å². The van der Waals surface area contributed by atoms with Crippen molar-refractivity contribution in [2.24, 2.45) is 0 Å². The van der Waals surface area contributed by atoms with Crippen LogP contribution < -0.4 is 14.8 Å². The number of halogens is 1. The number of carbonyl (C=O) groups is 2. The Kier molecular flexibility index (Phi) is 8.14. The van der Waals surface area contributed by atoms with Crippen LogP contribution in [0.15, 0.2) is 36.4 Å². The van der Waals surface area contributed by atoms with Crippen molar-refractivity contribution in [1.82, 2.24) is 5.32 Å².